The maximum absolute atomic E-state index is 12.3. The minimum absolute atomic E-state index is 0.262. The molecule has 0 spiro atoms. The first-order valence-electron chi connectivity index (χ1n) is 13.4. The number of ether oxygens (including phenoxy) is 5. The van der Waals surface area contributed by atoms with E-state index in [-0.39, 0.29) is 12.3 Å². The standard InChI is InChI=1S/C32H33NO6S/c1-2-36-32(34)26-22-40-31(33-26)30-29(38-20-25-16-10-5-11-17-25)28(37-19-24-14-8-4-9-15-24)27(39-30)21-35-18-23-12-6-3-7-13-23/h3-17,22,27-30H,2,18-21H2,1H3/t27-,28-,29+,30-/m1/s1. The molecule has 2 heterocycles. The molecule has 1 aromatic heterocycles. The van der Waals surface area contributed by atoms with Crippen molar-refractivity contribution in [1.29, 1.82) is 0 Å². The van der Waals surface area contributed by atoms with Crippen molar-refractivity contribution in [2.24, 2.45) is 0 Å². The summed E-state index contributed by atoms with van der Waals surface area (Å²) in [5.74, 6) is -0.454. The molecule has 1 saturated heterocycles. The molecule has 4 aromatic rings. The maximum atomic E-state index is 12.3. The quantitative estimate of drug-likeness (QED) is 0.182. The molecule has 0 bridgehead atoms. The normalized spacial score (nSPS) is 20.4. The third kappa shape index (κ3) is 7.41. The van der Waals surface area contributed by atoms with E-state index < -0.39 is 30.4 Å². The fourth-order valence-corrected chi connectivity index (χ4v) is 5.42. The summed E-state index contributed by atoms with van der Waals surface area (Å²) in [5.41, 5.74) is 3.43. The van der Waals surface area contributed by atoms with Gasteiger partial charge in [0, 0.05) is 5.38 Å². The Labute approximate surface area is 238 Å². The molecule has 1 aliphatic rings. The zero-order chi connectivity index (χ0) is 27.6. The molecule has 1 fully saturated rings. The van der Waals surface area contributed by atoms with Crippen LogP contribution >= 0.6 is 11.3 Å². The second-order valence-corrected chi connectivity index (χ2v) is 10.3. The van der Waals surface area contributed by atoms with E-state index in [1.807, 2.05) is 91.0 Å². The van der Waals surface area contributed by atoms with Crippen LogP contribution in [0.5, 0.6) is 0 Å². The minimum Gasteiger partial charge on any atom is -0.461 e. The van der Waals surface area contributed by atoms with E-state index in [0.717, 1.165) is 16.7 Å². The molecule has 0 unspecified atom stereocenters. The Balaban J connectivity index is 1.38. The van der Waals surface area contributed by atoms with Crippen LogP contribution < -0.4 is 0 Å². The first kappa shape index (κ1) is 28.1. The van der Waals surface area contributed by atoms with Crippen molar-refractivity contribution in [3.05, 3.63) is 124 Å². The van der Waals surface area contributed by atoms with Crippen LogP contribution in [0.2, 0.25) is 0 Å². The topological polar surface area (TPSA) is 76.1 Å². The fourth-order valence-electron chi connectivity index (χ4n) is 4.56. The van der Waals surface area contributed by atoms with E-state index in [1.54, 1.807) is 12.3 Å². The van der Waals surface area contributed by atoms with Crippen LogP contribution in [0.1, 0.15) is 45.2 Å². The molecule has 1 aliphatic heterocycles. The van der Waals surface area contributed by atoms with Gasteiger partial charge in [0.05, 0.1) is 33.0 Å². The summed E-state index contributed by atoms with van der Waals surface area (Å²) in [6.07, 6.45) is -1.86. The van der Waals surface area contributed by atoms with Gasteiger partial charge in [-0.25, -0.2) is 9.78 Å². The summed E-state index contributed by atoms with van der Waals surface area (Å²) in [6, 6.07) is 30.0. The molecule has 208 valence electrons. The lowest BCUT2D eigenvalue weighted by molar-refractivity contribution is -0.0898. The van der Waals surface area contributed by atoms with Crippen molar-refractivity contribution in [1.82, 2.24) is 4.98 Å². The van der Waals surface area contributed by atoms with E-state index in [9.17, 15) is 4.79 Å². The van der Waals surface area contributed by atoms with Crippen LogP contribution in [0.4, 0.5) is 0 Å². The van der Waals surface area contributed by atoms with E-state index in [2.05, 4.69) is 4.98 Å². The average molecular weight is 560 g/mol. The zero-order valence-corrected chi connectivity index (χ0v) is 23.2. The predicted octanol–water partition coefficient (Wildman–Crippen LogP) is 6.15. The first-order chi connectivity index (χ1) is 19.7. The van der Waals surface area contributed by atoms with E-state index >= 15 is 0 Å². The summed E-state index contributed by atoms with van der Waals surface area (Å²) in [7, 11) is 0. The summed E-state index contributed by atoms with van der Waals surface area (Å²) in [5, 5.41) is 2.34. The highest BCUT2D eigenvalue weighted by molar-refractivity contribution is 7.09. The van der Waals surface area contributed by atoms with Crippen LogP contribution in [-0.4, -0.2) is 42.5 Å². The van der Waals surface area contributed by atoms with Crippen molar-refractivity contribution in [2.45, 2.75) is 51.2 Å². The molecule has 0 aliphatic carbocycles. The summed E-state index contributed by atoms with van der Waals surface area (Å²) in [6.45, 7) is 3.60. The number of nitrogens with zero attached hydrogens (tertiary/aromatic N) is 1. The lowest BCUT2D eigenvalue weighted by Gasteiger charge is -2.25. The predicted molar refractivity (Wildman–Crippen MR) is 152 cm³/mol. The molecule has 7 nitrogen and oxygen atoms in total. The third-order valence-corrected chi connectivity index (χ3v) is 7.43. The molecule has 0 radical (unpaired) electrons. The lowest BCUT2D eigenvalue weighted by Crippen LogP contribution is -2.37. The van der Waals surface area contributed by atoms with Crippen molar-refractivity contribution >= 4 is 17.3 Å². The number of thiazole rings is 1. The molecule has 3 aromatic carbocycles. The fraction of sp³-hybridized carbons (Fsp3) is 0.312. The number of rotatable bonds is 13. The van der Waals surface area contributed by atoms with E-state index in [0.29, 0.717) is 31.4 Å². The van der Waals surface area contributed by atoms with Gasteiger partial charge >= 0.3 is 5.97 Å². The Bertz CT molecular complexity index is 1320. The molecular weight excluding hydrogens is 526 g/mol. The highest BCUT2D eigenvalue weighted by Gasteiger charge is 2.48. The first-order valence-corrected chi connectivity index (χ1v) is 14.3. The SMILES string of the molecule is CCOC(=O)c1csc([C@@H]2O[C@H](COCc3ccccc3)[C@@H](OCc3ccccc3)[C@@H]2OCc2ccccc2)n1. The number of benzene rings is 3. The minimum atomic E-state index is -0.539. The summed E-state index contributed by atoms with van der Waals surface area (Å²) >= 11 is 1.35. The van der Waals surface area contributed by atoms with Gasteiger partial charge in [-0.1, -0.05) is 91.0 Å². The highest BCUT2D eigenvalue weighted by Crippen LogP contribution is 2.39. The monoisotopic (exact) mass is 559 g/mol. The van der Waals surface area contributed by atoms with Crippen LogP contribution in [0.3, 0.4) is 0 Å². The Kier molecular flexibility index (Phi) is 10.1. The molecule has 4 atom stereocenters. The second kappa shape index (κ2) is 14.3. The van der Waals surface area contributed by atoms with Crippen LogP contribution in [0.15, 0.2) is 96.4 Å². The lowest BCUT2D eigenvalue weighted by atomic mass is 10.1. The third-order valence-electron chi connectivity index (χ3n) is 6.52. The van der Waals surface area contributed by atoms with E-state index in [4.69, 9.17) is 23.7 Å². The molecular formula is C32H33NO6S. The maximum Gasteiger partial charge on any atom is 0.357 e. The van der Waals surface area contributed by atoms with Gasteiger partial charge in [0.1, 0.15) is 29.4 Å². The van der Waals surface area contributed by atoms with Crippen molar-refractivity contribution in [3.63, 3.8) is 0 Å². The number of carbonyl (C=O) groups is 1. The van der Waals surface area contributed by atoms with Crippen molar-refractivity contribution in [3.8, 4) is 0 Å². The highest BCUT2D eigenvalue weighted by atomic mass is 32.1. The molecule has 0 amide bonds. The number of aromatic nitrogens is 1. The number of hydrogen-bond acceptors (Lipinski definition) is 8. The molecule has 8 heteroatoms. The van der Waals surface area contributed by atoms with Crippen LogP contribution in [0.25, 0.3) is 0 Å². The zero-order valence-electron chi connectivity index (χ0n) is 22.4. The van der Waals surface area contributed by atoms with Gasteiger partial charge < -0.3 is 23.7 Å². The molecule has 0 saturated carbocycles. The second-order valence-electron chi connectivity index (χ2n) is 9.41. The van der Waals surface area contributed by atoms with E-state index in [1.165, 1.54) is 11.3 Å². The van der Waals surface area contributed by atoms with Gasteiger partial charge in [-0.2, -0.15) is 0 Å². The van der Waals surface area contributed by atoms with Gasteiger partial charge in [0.15, 0.2) is 5.69 Å². The van der Waals surface area contributed by atoms with Gasteiger partial charge in [-0.05, 0) is 23.6 Å². The average Bonchev–Trinajstić information content (AvgIpc) is 3.62. The molecule has 40 heavy (non-hydrogen) atoms. The number of hydrogen-bond donors (Lipinski definition) is 0. The number of esters is 1. The van der Waals surface area contributed by atoms with Gasteiger partial charge in [-0.15, -0.1) is 11.3 Å². The smallest absolute Gasteiger partial charge is 0.357 e. The Morgan fingerprint density at radius 2 is 1.35 bits per heavy atom. The summed E-state index contributed by atoms with van der Waals surface area (Å²) in [4.78, 5) is 16.9. The van der Waals surface area contributed by atoms with Gasteiger partial charge in [-0.3, -0.25) is 0 Å². The Morgan fingerprint density at radius 1 is 0.800 bits per heavy atom. The summed E-state index contributed by atoms with van der Waals surface area (Å²) < 4.78 is 30.8. The van der Waals surface area contributed by atoms with Crippen molar-refractivity contribution in [2.75, 3.05) is 13.2 Å². The molecule has 0 N–H and O–H groups in total. The van der Waals surface area contributed by atoms with Crippen LogP contribution in [-0.2, 0) is 43.5 Å². The van der Waals surface area contributed by atoms with Gasteiger partial charge in [0.25, 0.3) is 0 Å². The Morgan fingerprint density at radius 3 is 1.93 bits per heavy atom. The van der Waals surface area contributed by atoms with Gasteiger partial charge in [0.2, 0.25) is 0 Å². The molecule has 5 rings (SSSR count). The largest absolute Gasteiger partial charge is 0.461 e. The van der Waals surface area contributed by atoms with Crippen LogP contribution in [0, 0.1) is 0 Å². The Hall–Kier alpha value is -3.40. The van der Waals surface area contributed by atoms with Crippen molar-refractivity contribution < 1.29 is 28.5 Å². The number of carbonyl (C=O) groups excluding carboxylic acids is 1.